The minimum absolute atomic E-state index is 0.0150. The average molecular weight is 392 g/mol. The van der Waals surface area contributed by atoms with Crippen molar-refractivity contribution >= 4 is 11.8 Å². The lowest BCUT2D eigenvalue weighted by atomic mass is 10.0. The van der Waals surface area contributed by atoms with Crippen LogP contribution in [0.3, 0.4) is 0 Å². The molecule has 2 fully saturated rings. The molecule has 2 atom stereocenters. The Balaban J connectivity index is 1.30. The molecule has 2 aliphatic heterocycles. The van der Waals surface area contributed by atoms with Crippen LogP contribution in [0.4, 0.5) is 0 Å². The molecule has 152 valence electrons. The largest absolute Gasteiger partial charge is 0.366 e. The summed E-state index contributed by atoms with van der Waals surface area (Å²) in [6, 6.07) is 15.8. The number of carbonyl (C=O) groups is 2. The van der Waals surface area contributed by atoms with Gasteiger partial charge in [0.05, 0.1) is 0 Å². The highest BCUT2D eigenvalue weighted by Gasteiger charge is 2.41. The van der Waals surface area contributed by atoms with E-state index in [4.69, 9.17) is 5.73 Å². The Morgan fingerprint density at radius 2 is 1.62 bits per heavy atom. The van der Waals surface area contributed by atoms with E-state index in [0.717, 1.165) is 44.7 Å². The third kappa shape index (κ3) is 4.51. The predicted molar refractivity (Wildman–Crippen MR) is 114 cm³/mol. The van der Waals surface area contributed by atoms with Gasteiger partial charge in [-0.2, -0.15) is 0 Å². The summed E-state index contributed by atoms with van der Waals surface area (Å²) in [7, 11) is 0. The lowest BCUT2D eigenvalue weighted by Gasteiger charge is -2.22. The van der Waals surface area contributed by atoms with E-state index in [-0.39, 0.29) is 5.91 Å². The number of rotatable bonds is 6. The smallest absolute Gasteiger partial charge is 0.253 e. The second-order valence-corrected chi connectivity index (χ2v) is 8.53. The van der Waals surface area contributed by atoms with Crippen LogP contribution in [0.25, 0.3) is 0 Å². The van der Waals surface area contributed by atoms with Crippen LogP contribution in [0.15, 0.2) is 48.5 Å². The van der Waals surface area contributed by atoms with E-state index in [1.165, 1.54) is 12.0 Å². The normalized spacial score (nSPS) is 21.3. The number of hydrogen-bond donors (Lipinski definition) is 1. The molecule has 29 heavy (non-hydrogen) atoms. The summed E-state index contributed by atoms with van der Waals surface area (Å²) in [6.07, 6.45) is 2.29. The topological polar surface area (TPSA) is 66.6 Å². The van der Waals surface area contributed by atoms with E-state index < -0.39 is 5.91 Å². The van der Waals surface area contributed by atoms with Gasteiger partial charge in [-0.3, -0.25) is 9.59 Å². The Morgan fingerprint density at radius 3 is 2.28 bits per heavy atom. The molecule has 5 heteroatoms. The zero-order chi connectivity index (χ0) is 20.4. The molecule has 2 N–H and O–H groups in total. The van der Waals surface area contributed by atoms with Crippen molar-refractivity contribution in [1.82, 2.24) is 9.80 Å². The van der Waals surface area contributed by atoms with E-state index >= 15 is 0 Å². The fourth-order valence-corrected chi connectivity index (χ4v) is 4.82. The average Bonchev–Trinajstić information content (AvgIpc) is 3.26. The number of hydrogen-bond acceptors (Lipinski definition) is 3. The third-order valence-electron chi connectivity index (χ3n) is 6.24. The molecule has 2 aromatic rings. The predicted octanol–water partition coefficient (Wildman–Crippen LogP) is 2.73. The van der Waals surface area contributed by atoms with E-state index in [1.54, 1.807) is 12.1 Å². The van der Waals surface area contributed by atoms with Crippen molar-refractivity contribution in [1.29, 1.82) is 0 Å². The molecule has 2 amide bonds. The first-order chi connectivity index (χ1) is 14.0. The molecule has 0 aromatic heterocycles. The van der Waals surface area contributed by atoms with Gasteiger partial charge in [0.25, 0.3) is 5.91 Å². The van der Waals surface area contributed by atoms with Gasteiger partial charge < -0.3 is 15.5 Å². The van der Waals surface area contributed by atoms with Crippen molar-refractivity contribution in [3.8, 4) is 0 Å². The summed E-state index contributed by atoms with van der Waals surface area (Å²) in [5.41, 5.74) is 8.65. The van der Waals surface area contributed by atoms with Crippen molar-refractivity contribution in [2.45, 2.75) is 19.8 Å². The SMILES string of the molecule is Cc1cc(C(N)=O)cc(C(=O)N2CC3CN(CCCc4ccccc4)C[C@H]3C2)c1. The molecule has 0 bridgehead atoms. The zero-order valence-corrected chi connectivity index (χ0v) is 17.0. The quantitative estimate of drug-likeness (QED) is 0.823. The molecular weight excluding hydrogens is 362 g/mol. The van der Waals surface area contributed by atoms with E-state index in [9.17, 15) is 9.59 Å². The number of nitrogens with two attached hydrogens (primary N) is 1. The number of aryl methyl sites for hydroxylation is 2. The first kappa shape index (κ1) is 19.6. The highest BCUT2D eigenvalue weighted by atomic mass is 16.2. The number of benzene rings is 2. The Bertz CT molecular complexity index is 882. The summed E-state index contributed by atoms with van der Waals surface area (Å²) < 4.78 is 0. The van der Waals surface area contributed by atoms with Gasteiger partial charge in [0.1, 0.15) is 0 Å². The number of amides is 2. The molecule has 5 nitrogen and oxygen atoms in total. The second kappa shape index (κ2) is 8.37. The fraction of sp³-hybridized carbons (Fsp3) is 0.417. The zero-order valence-electron chi connectivity index (χ0n) is 17.0. The number of likely N-dealkylation sites (tertiary alicyclic amines) is 2. The summed E-state index contributed by atoms with van der Waals surface area (Å²) in [5.74, 6) is 0.626. The number of nitrogens with zero attached hydrogens (tertiary/aromatic N) is 2. The van der Waals surface area contributed by atoms with Gasteiger partial charge in [-0.25, -0.2) is 0 Å². The molecule has 0 aliphatic carbocycles. The highest BCUT2D eigenvalue weighted by Crippen LogP contribution is 2.32. The molecule has 4 rings (SSSR count). The molecule has 1 unspecified atom stereocenters. The maximum atomic E-state index is 13.0. The summed E-state index contributed by atoms with van der Waals surface area (Å²) in [4.78, 5) is 29.0. The molecule has 2 aromatic carbocycles. The van der Waals surface area contributed by atoms with Crippen LogP contribution in [0.2, 0.25) is 0 Å². The van der Waals surface area contributed by atoms with Crippen molar-refractivity contribution < 1.29 is 9.59 Å². The Labute approximate surface area is 172 Å². The highest BCUT2D eigenvalue weighted by molar-refractivity contribution is 5.99. The Hall–Kier alpha value is -2.66. The van der Waals surface area contributed by atoms with Crippen LogP contribution < -0.4 is 5.73 Å². The van der Waals surface area contributed by atoms with E-state index in [0.29, 0.717) is 23.0 Å². The van der Waals surface area contributed by atoms with Crippen LogP contribution in [0, 0.1) is 18.8 Å². The number of carbonyl (C=O) groups excluding carboxylic acids is 2. The fourth-order valence-electron chi connectivity index (χ4n) is 4.82. The molecular formula is C24H29N3O2. The van der Waals surface area contributed by atoms with Gasteiger partial charge in [0, 0.05) is 37.3 Å². The van der Waals surface area contributed by atoms with Gasteiger partial charge in [0.15, 0.2) is 0 Å². The van der Waals surface area contributed by atoms with Gasteiger partial charge >= 0.3 is 0 Å². The molecule has 0 saturated carbocycles. The first-order valence-corrected chi connectivity index (χ1v) is 10.5. The number of fused-ring (bicyclic) bond motifs is 1. The lowest BCUT2D eigenvalue weighted by molar-refractivity contribution is 0.0774. The molecule has 2 saturated heterocycles. The van der Waals surface area contributed by atoms with E-state index in [2.05, 4.69) is 35.2 Å². The Kier molecular flexibility index (Phi) is 5.67. The molecule has 0 spiro atoms. The van der Waals surface area contributed by atoms with Crippen LogP contribution in [-0.4, -0.2) is 54.3 Å². The first-order valence-electron chi connectivity index (χ1n) is 10.5. The van der Waals surface area contributed by atoms with Gasteiger partial charge in [-0.15, -0.1) is 0 Å². The summed E-state index contributed by atoms with van der Waals surface area (Å²) in [5, 5.41) is 0. The second-order valence-electron chi connectivity index (χ2n) is 8.53. The van der Waals surface area contributed by atoms with Gasteiger partial charge in [-0.1, -0.05) is 30.3 Å². The standard InChI is InChI=1S/C24H29N3O2/c1-17-10-19(23(25)28)12-20(11-17)24(29)27-15-21-13-26(14-22(21)16-27)9-5-8-18-6-3-2-4-7-18/h2-4,6-7,10-12,21-22H,5,8-9,13-16H2,1H3,(H2,25,28)/t21-,22?/m0/s1. The minimum Gasteiger partial charge on any atom is -0.366 e. The van der Waals surface area contributed by atoms with Crippen LogP contribution in [0.5, 0.6) is 0 Å². The maximum Gasteiger partial charge on any atom is 0.253 e. The number of primary amides is 1. The van der Waals surface area contributed by atoms with E-state index in [1.807, 2.05) is 17.9 Å². The van der Waals surface area contributed by atoms with Crippen LogP contribution in [0.1, 0.15) is 38.3 Å². The van der Waals surface area contributed by atoms with Crippen molar-refractivity contribution in [3.63, 3.8) is 0 Å². The van der Waals surface area contributed by atoms with Gasteiger partial charge in [0.2, 0.25) is 5.91 Å². The van der Waals surface area contributed by atoms with Crippen molar-refractivity contribution in [2.75, 3.05) is 32.7 Å². The van der Waals surface area contributed by atoms with Crippen molar-refractivity contribution in [2.24, 2.45) is 17.6 Å². The van der Waals surface area contributed by atoms with Crippen LogP contribution in [-0.2, 0) is 6.42 Å². The van der Waals surface area contributed by atoms with Crippen molar-refractivity contribution in [3.05, 3.63) is 70.8 Å². The monoisotopic (exact) mass is 391 g/mol. The Morgan fingerprint density at radius 1 is 0.966 bits per heavy atom. The van der Waals surface area contributed by atoms with Gasteiger partial charge in [-0.05, 0) is 67.5 Å². The summed E-state index contributed by atoms with van der Waals surface area (Å²) in [6.45, 7) is 6.76. The van der Waals surface area contributed by atoms with Crippen LogP contribution >= 0.6 is 0 Å². The maximum absolute atomic E-state index is 13.0. The summed E-state index contributed by atoms with van der Waals surface area (Å²) >= 11 is 0. The molecule has 2 heterocycles. The minimum atomic E-state index is -0.493. The third-order valence-corrected chi connectivity index (χ3v) is 6.24. The molecule has 0 radical (unpaired) electrons. The lowest BCUT2D eigenvalue weighted by Crippen LogP contribution is -2.33. The molecule has 2 aliphatic rings.